The van der Waals surface area contributed by atoms with Gasteiger partial charge in [0.25, 0.3) is 5.91 Å². The maximum atomic E-state index is 12.9. The zero-order valence-electron chi connectivity index (χ0n) is 18.2. The van der Waals surface area contributed by atoms with Gasteiger partial charge in [0, 0.05) is 44.2 Å². The molecule has 1 fully saturated rings. The Hall–Kier alpha value is -3.29. The van der Waals surface area contributed by atoms with Crippen LogP contribution in [-0.4, -0.2) is 53.8 Å². The lowest BCUT2D eigenvalue weighted by molar-refractivity contribution is -0.116. The van der Waals surface area contributed by atoms with Crippen molar-refractivity contribution in [2.75, 3.05) is 25.6 Å². The number of fused-ring (bicyclic) bond motifs is 2. The van der Waals surface area contributed by atoms with Crippen molar-refractivity contribution in [1.29, 1.82) is 0 Å². The minimum Gasteiger partial charge on any atom is -0.493 e. The van der Waals surface area contributed by atoms with Gasteiger partial charge >= 0.3 is 0 Å². The summed E-state index contributed by atoms with van der Waals surface area (Å²) >= 11 is 0. The van der Waals surface area contributed by atoms with Crippen LogP contribution in [0.25, 0.3) is 0 Å². The molecular formula is C23H28N4O4. The first-order chi connectivity index (χ1) is 15.0. The summed E-state index contributed by atoms with van der Waals surface area (Å²) < 4.78 is 13.3. The Labute approximate surface area is 181 Å². The van der Waals surface area contributed by atoms with E-state index in [1.165, 1.54) is 0 Å². The number of nitrogens with zero attached hydrogens (tertiary/aromatic N) is 3. The maximum absolute atomic E-state index is 12.9. The molecule has 1 N–H and O–H groups in total. The summed E-state index contributed by atoms with van der Waals surface area (Å²) in [5.74, 6) is 0.933. The van der Waals surface area contributed by atoms with Crippen molar-refractivity contribution in [3.63, 3.8) is 0 Å². The molecule has 2 aliphatic heterocycles. The number of methoxy groups -OCH3 is 1. The fourth-order valence-electron chi connectivity index (χ4n) is 4.00. The van der Waals surface area contributed by atoms with Crippen molar-refractivity contribution in [2.24, 2.45) is 12.0 Å². The van der Waals surface area contributed by atoms with Crippen LogP contribution in [0.4, 0.5) is 11.4 Å². The van der Waals surface area contributed by atoms with E-state index in [-0.39, 0.29) is 17.9 Å². The van der Waals surface area contributed by atoms with Crippen LogP contribution in [0, 0.1) is 6.92 Å². The van der Waals surface area contributed by atoms with E-state index in [9.17, 15) is 9.59 Å². The van der Waals surface area contributed by atoms with Gasteiger partial charge in [0.15, 0.2) is 11.5 Å². The quantitative estimate of drug-likeness (QED) is 0.690. The third kappa shape index (κ3) is 4.42. The molecule has 1 aromatic heterocycles. The highest BCUT2D eigenvalue weighted by Gasteiger charge is 2.32. The van der Waals surface area contributed by atoms with Crippen LogP contribution < -0.4 is 14.8 Å². The molecule has 2 amide bonds. The van der Waals surface area contributed by atoms with E-state index >= 15 is 0 Å². The number of amides is 2. The lowest BCUT2D eigenvalue weighted by Gasteiger charge is -2.20. The molecule has 0 radical (unpaired) electrons. The standard InChI is InChI=1S/C23H28N4O4/c1-15-10-16(14-26(15)2)25-22(28)7-5-9-31-21-12-19-18(11-20(21)30-3)23(29)27-8-4-6-17(27)13-24-19/h10-14,17H,4-9H2,1-3H3,(H,25,28)/t17-/m0/s1. The number of carbonyl (C=O) groups excluding carboxylic acids is 2. The van der Waals surface area contributed by atoms with Gasteiger partial charge in [0.05, 0.1) is 36.7 Å². The highest BCUT2D eigenvalue weighted by molar-refractivity contribution is 6.03. The Balaban J connectivity index is 1.37. The Kier molecular flexibility index (Phi) is 5.97. The monoisotopic (exact) mass is 424 g/mol. The average molecular weight is 425 g/mol. The first-order valence-electron chi connectivity index (χ1n) is 10.6. The Morgan fingerprint density at radius 1 is 1.29 bits per heavy atom. The number of ether oxygens (including phenoxy) is 2. The smallest absolute Gasteiger partial charge is 0.256 e. The fraction of sp³-hybridized carbons (Fsp3) is 0.435. The molecule has 8 heteroatoms. The Morgan fingerprint density at radius 3 is 2.87 bits per heavy atom. The lowest BCUT2D eigenvalue weighted by atomic mass is 10.1. The van der Waals surface area contributed by atoms with Crippen LogP contribution in [-0.2, 0) is 11.8 Å². The van der Waals surface area contributed by atoms with Gasteiger partial charge in [-0.25, -0.2) is 0 Å². The van der Waals surface area contributed by atoms with Crippen LogP contribution >= 0.6 is 0 Å². The van der Waals surface area contributed by atoms with Crippen molar-refractivity contribution < 1.29 is 19.1 Å². The third-order valence-electron chi connectivity index (χ3n) is 5.80. The summed E-state index contributed by atoms with van der Waals surface area (Å²) in [5, 5.41) is 2.90. The molecule has 8 nitrogen and oxygen atoms in total. The predicted molar refractivity (Wildman–Crippen MR) is 119 cm³/mol. The number of aryl methyl sites for hydroxylation is 2. The second-order valence-electron chi connectivity index (χ2n) is 7.99. The van der Waals surface area contributed by atoms with Gasteiger partial charge in [0.1, 0.15) is 0 Å². The number of hydrogen-bond donors (Lipinski definition) is 1. The van der Waals surface area contributed by atoms with Crippen LogP contribution in [0.5, 0.6) is 11.5 Å². The molecule has 1 saturated heterocycles. The molecule has 2 aromatic rings. The van der Waals surface area contributed by atoms with Crippen LogP contribution in [0.15, 0.2) is 29.4 Å². The number of aromatic nitrogens is 1. The van der Waals surface area contributed by atoms with E-state index in [1.807, 2.05) is 41.9 Å². The summed E-state index contributed by atoms with van der Waals surface area (Å²) in [4.78, 5) is 31.5. The van der Waals surface area contributed by atoms with Crippen LogP contribution in [0.1, 0.15) is 41.7 Å². The highest BCUT2D eigenvalue weighted by atomic mass is 16.5. The number of nitrogens with one attached hydrogen (secondary N) is 1. The average Bonchev–Trinajstić information content (AvgIpc) is 3.31. The largest absolute Gasteiger partial charge is 0.493 e. The van der Waals surface area contributed by atoms with E-state index in [0.717, 1.165) is 30.8 Å². The number of anilines is 1. The number of rotatable bonds is 7. The Morgan fingerprint density at radius 2 is 2.13 bits per heavy atom. The zero-order chi connectivity index (χ0) is 22.0. The summed E-state index contributed by atoms with van der Waals surface area (Å²) in [6.45, 7) is 3.09. The molecule has 1 atom stereocenters. The minimum absolute atomic E-state index is 0.0207. The number of hydrogen-bond acceptors (Lipinski definition) is 5. The normalized spacial score (nSPS) is 17.2. The maximum Gasteiger partial charge on any atom is 0.256 e. The van der Waals surface area contributed by atoms with E-state index in [2.05, 4.69) is 10.3 Å². The van der Waals surface area contributed by atoms with Crippen LogP contribution in [0.3, 0.4) is 0 Å². The molecule has 164 valence electrons. The fourth-order valence-corrected chi connectivity index (χ4v) is 4.00. The van der Waals surface area contributed by atoms with Gasteiger partial charge in [-0.05, 0) is 38.3 Å². The van der Waals surface area contributed by atoms with E-state index in [0.29, 0.717) is 42.2 Å². The SMILES string of the molecule is COc1cc2c(cc1OCCCC(=O)Nc1cc(C)n(C)c1)N=C[C@@H]1CCCN1C2=O. The van der Waals surface area contributed by atoms with Crippen molar-refractivity contribution in [1.82, 2.24) is 9.47 Å². The number of carbonyl (C=O) groups is 2. The zero-order valence-corrected chi connectivity index (χ0v) is 18.2. The number of aliphatic imine (C=N–C) groups is 1. The highest BCUT2D eigenvalue weighted by Crippen LogP contribution is 2.38. The first kappa shape index (κ1) is 21.0. The summed E-state index contributed by atoms with van der Waals surface area (Å²) in [6, 6.07) is 5.44. The van der Waals surface area contributed by atoms with E-state index in [1.54, 1.807) is 19.2 Å². The molecule has 0 aliphatic carbocycles. The van der Waals surface area contributed by atoms with E-state index < -0.39 is 0 Å². The molecule has 2 aliphatic rings. The molecule has 31 heavy (non-hydrogen) atoms. The van der Waals surface area contributed by atoms with Crippen molar-refractivity contribution in [3.8, 4) is 11.5 Å². The number of benzene rings is 1. The summed E-state index contributed by atoms with van der Waals surface area (Å²) in [6.07, 6.45) is 6.56. The Bertz CT molecular complexity index is 1010. The van der Waals surface area contributed by atoms with Gasteiger partial charge in [-0.1, -0.05) is 0 Å². The molecule has 0 spiro atoms. The van der Waals surface area contributed by atoms with Crippen molar-refractivity contribution in [3.05, 3.63) is 35.7 Å². The van der Waals surface area contributed by atoms with Gasteiger partial charge in [0.2, 0.25) is 5.91 Å². The van der Waals surface area contributed by atoms with Crippen LogP contribution in [0.2, 0.25) is 0 Å². The lowest BCUT2D eigenvalue weighted by Crippen LogP contribution is -2.35. The molecule has 1 aromatic carbocycles. The molecule has 0 unspecified atom stereocenters. The first-order valence-corrected chi connectivity index (χ1v) is 10.6. The molecule has 3 heterocycles. The third-order valence-corrected chi connectivity index (χ3v) is 5.80. The second kappa shape index (κ2) is 8.83. The van der Waals surface area contributed by atoms with Gasteiger partial charge < -0.3 is 24.3 Å². The van der Waals surface area contributed by atoms with Gasteiger partial charge in [-0.2, -0.15) is 0 Å². The van der Waals surface area contributed by atoms with Gasteiger partial charge in [-0.15, -0.1) is 0 Å². The second-order valence-corrected chi connectivity index (χ2v) is 7.99. The molecular weight excluding hydrogens is 396 g/mol. The predicted octanol–water partition coefficient (Wildman–Crippen LogP) is 3.46. The minimum atomic E-state index is -0.0566. The van der Waals surface area contributed by atoms with Crippen molar-refractivity contribution >= 4 is 29.4 Å². The van der Waals surface area contributed by atoms with Crippen molar-refractivity contribution in [2.45, 2.75) is 38.6 Å². The summed E-state index contributed by atoms with van der Waals surface area (Å²) in [7, 11) is 3.49. The van der Waals surface area contributed by atoms with Gasteiger partial charge in [-0.3, -0.25) is 14.6 Å². The molecule has 0 saturated carbocycles. The summed E-state index contributed by atoms with van der Waals surface area (Å²) in [5.41, 5.74) is 2.99. The molecule has 0 bridgehead atoms. The molecule has 4 rings (SSSR count). The topological polar surface area (TPSA) is 85.2 Å². The van der Waals surface area contributed by atoms with E-state index in [4.69, 9.17) is 9.47 Å².